The van der Waals surface area contributed by atoms with Crippen molar-refractivity contribution < 1.29 is 28.5 Å². The molecule has 206 valence electrons. The molecule has 0 fully saturated rings. The number of benzene rings is 1. The van der Waals surface area contributed by atoms with E-state index in [2.05, 4.69) is 42.5 Å². The first-order valence-electron chi connectivity index (χ1n) is 12.5. The highest BCUT2D eigenvalue weighted by molar-refractivity contribution is 9.11. The molecular weight excluding hydrogens is 596 g/mol. The number of unbranched alkanes of at least 4 members (excludes halogenated alkanes) is 4. The Morgan fingerprint density at radius 3 is 1.36 bits per heavy atom. The SMILES string of the molecule is CC(C)(C)OC(=O)NCCCCCOc1cc(Br)c(OCCCCCNC(=O)OC(C)(C)C)cc1Br. The van der Waals surface area contributed by atoms with Crippen LogP contribution >= 0.6 is 31.9 Å². The summed E-state index contributed by atoms with van der Waals surface area (Å²) in [7, 11) is 0. The predicted octanol–water partition coefficient (Wildman–Crippen LogP) is 7.36. The molecule has 36 heavy (non-hydrogen) atoms. The number of nitrogens with one attached hydrogen (secondary N) is 2. The summed E-state index contributed by atoms with van der Waals surface area (Å²) in [6, 6.07) is 3.79. The van der Waals surface area contributed by atoms with Crippen LogP contribution < -0.4 is 20.1 Å². The molecule has 1 aromatic rings. The molecule has 8 nitrogen and oxygen atoms in total. The van der Waals surface area contributed by atoms with Gasteiger partial charge >= 0.3 is 12.2 Å². The van der Waals surface area contributed by atoms with Gasteiger partial charge in [-0.15, -0.1) is 0 Å². The van der Waals surface area contributed by atoms with E-state index in [4.69, 9.17) is 18.9 Å². The number of hydrogen-bond acceptors (Lipinski definition) is 6. The fourth-order valence-corrected chi connectivity index (χ4v) is 3.79. The van der Waals surface area contributed by atoms with Gasteiger partial charge in [0.25, 0.3) is 0 Å². The Bertz CT molecular complexity index is 754. The van der Waals surface area contributed by atoms with Gasteiger partial charge in [0.05, 0.1) is 22.2 Å². The van der Waals surface area contributed by atoms with Gasteiger partial charge in [-0.1, -0.05) is 0 Å². The van der Waals surface area contributed by atoms with Gasteiger partial charge in [0.15, 0.2) is 0 Å². The van der Waals surface area contributed by atoms with Crippen molar-refractivity contribution in [3.63, 3.8) is 0 Å². The summed E-state index contributed by atoms with van der Waals surface area (Å²) in [5.74, 6) is 1.49. The van der Waals surface area contributed by atoms with Crippen LogP contribution in [0, 0.1) is 0 Å². The number of carbonyl (C=O) groups excluding carboxylic acids is 2. The van der Waals surface area contributed by atoms with Crippen LogP contribution in [-0.2, 0) is 9.47 Å². The highest BCUT2D eigenvalue weighted by Crippen LogP contribution is 2.36. The average Bonchev–Trinajstić information content (AvgIpc) is 2.72. The van der Waals surface area contributed by atoms with Gasteiger partial charge < -0.3 is 29.6 Å². The van der Waals surface area contributed by atoms with E-state index in [0.717, 1.165) is 59.0 Å². The Morgan fingerprint density at radius 1 is 0.667 bits per heavy atom. The molecule has 1 rings (SSSR count). The lowest BCUT2D eigenvalue weighted by Gasteiger charge is -2.19. The molecule has 0 atom stereocenters. The first-order valence-corrected chi connectivity index (χ1v) is 14.0. The summed E-state index contributed by atoms with van der Waals surface area (Å²) in [6.07, 6.45) is 4.57. The molecule has 0 spiro atoms. The molecule has 0 saturated heterocycles. The second-order valence-electron chi connectivity index (χ2n) is 10.4. The number of ether oxygens (including phenoxy) is 4. The summed E-state index contributed by atoms with van der Waals surface area (Å²) < 4.78 is 23.9. The average molecular weight is 638 g/mol. The minimum Gasteiger partial charge on any atom is -0.492 e. The fourth-order valence-electron chi connectivity index (χ4n) is 2.91. The second-order valence-corrected chi connectivity index (χ2v) is 12.1. The summed E-state index contributed by atoms with van der Waals surface area (Å²) in [5, 5.41) is 5.52. The van der Waals surface area contributed by atoms with Crippen molar-refractivity contribution in [2.24, 2.45) is 0 Å². The molecule has 0 heterocycles. The van der Waals surface area contributed by atoms with E-state index in [-0.39, 0.29) is 12.2 Å². The molecule has 2 amide bonds. The van der Waals surface area contributed by atoms with Gasteiger partial charge in [0.1, 0.15) is 22.7 Å². The van der Waals surface area contributed by atoms with Crippen molar-refractivity contribution >= 4 is 44.0 Å². The maximum absolute atomic E-state index is 11.6. The fraction of sp³-hybridized carbons (Fsp3) is 0.692. The van der Waals surface area contributed by atoms with Crippen LogP contribution in [0.3, 0.4) is 0 Å². The first kappa shape index (κ1) is 32.3. The van der Waals surface area contributed by atoms with E-state index in [1.165, 1.54) is 0 Å². The number of hydrogen-bond donors (Lipinski definition) is 2. The van der Waals surface area contributed by atoms with Gasteiger partial charge in [0, 0.05) is 13.1 Å². The first-order chi connectivity index (χ1) is 16.8. The molecule has 0 radical (unpaired) electrons. The van der Waals surface area contributed by atoms with Gasteiger partial charge in [-0.2, -0.15) is 0 Å². The predicted molar refractivity (Wildman–Crippen MR) is 149 cm³/mol. The number of rotatable bonds is 14. The maximum atomic E-state index is 11.6. The zero-order valence-corrected chi connectivity index (χ0v) is 25.6. The summed E-state index contributed by atoms with van der Waals surface area (Å²) >= 11 is 7.11. The topological polar surface area (TPSA) is 95.1 Å². The Kier molecular flexibility index (Phi) is 14.6. The Hall–Kier alpha value is -1.68. The highest BCUT2D eigenvalue weighted by atomic mass is 79.9. The van der Waals surface area contributed by atoms with E-state index in [9.17, 15) is 9.59 Å². The molecule has 1 aromatic carbocycles. The van der Waals surface area contributed by atoms with E-state index in [1.807, 2.05) is 53.7 Å². The van der Waals surface area contributed by atoms with Crippen LogP contribution in [0.15, 0.2) is 21.1 Å². The number of amides is 2. The van der Waals surface area contributed by atoms with Crippen molar-refractivity contribution in [2.45, 2.75) is 91.3 Å². The van der Waals surface area contributed by atoms with Crippen LogP contribution in [0.4, 0.5) is 9.59 Å². The van der Waals surface area contributed by atoms with Crippen LogP contribution in [-0.4, -0.2) is 49.7 Å². The van der Waals surface area contributed by atoms with Crippen molar-refractivity contribution in [1.29, 1.82) is 0 Å². The van der Waals surface area contributed by atoms with Crippen molar-refractivity contribution in [1.82, 2.24) is 10.6 Å². The number of carbonyl (C=O) groups is 2. The maximum Gasteiger partial charge on any atom is 0.407 e. The minimum absolute atomic E-state index is 0.384. The zero-order chi connectivity index (χ0) is 27.2. The third kappa shape index (κ3) is 16.1. The monoisotopic (exact) mass is 636 g/mol. The van der Waals surface area contributed by atoms with Crippen LogP contribution in [0.2, 0.25) is 0 Å². The quantitative estimate of drug-likeness (QED) is 0.207. The molecule has 2 N–H and O–H groups in total. The van der Waals surface area contributed by atoms with Crippen LogP contribution in [0.5, 0.6) is 11.5 Å². The Balaban J connectivity index is 2.20. The largest absolute Gasteiger partial charge is 0.492 e. The molecule has 0 unspecified atom stereocenters. The molecule has 0 aromatic heterocycles. The smallest absolute Gasteiger partial charge is 0.407 e. The van der Waals surface area contributed by atoms with Gasteiger partial charge in [-0.25, -0.2) is 9.59 Å². The van der Waals surface area contributed by atoms with E-state index < -0.39 is 11.2 Å². The molecule has 10 heteroatoms. The molecule has 0 bridgehead atoms. The minimum atomic E-state index is -0.484. The van der Waals surface area contributed by atoms with Crippen molar-refractivity contribution in [3.05, 3.63) is 21.1 Å². The lowest BCUT2D eigenvalue weighted by Crippen LogP contribution is -2.33. The van der Waals surface area contributed by atoms with Crippen LogP contribution in [0.1, 0.15) is 80.1 Å². The molecular formula is C26H42Br2N2O6. The Morgan fingerprint density at radius 2 is 1.03 bits per heavy atom. The van der Waals surface area contributed by atoms with Crippen molar-refractivity contribution in [3.8, 4) is 11.5 Å². The second kappa shape index (κ2) is 16.2. The molecule has 0 aliphatic rings. The summed E-state index contributed by atoms with van der Waals surface area (Å²) in [5.41, 5.74) is -0.968. The third-order valence-corrected chi connectivity index (χ3v) is 5.72. The Labute approximate surface area is 232 Å². The normalized spacial score (nSPS) is 11.6. The zero-order valence-electron chi connectivity index (χ0n) is 22.4. The van der Waals surface area contributed by atoms with E-state index in [1.54, 1.807) is 0 Å². The number of halogens is 2. The standard InChI is InChI=1S/C26H42Br2N2O6/c1-25(2,3)35-23(31)29-13-9-7-11-15-33-21-17-20(28)22(18-19(21)27)34-16-12-8-10-14-30-24(32)36-26(4,5)6/h17-18H,7-16H2,1-6H3,(H,29,31)(H,30,32). The van der Waals surface area contributed by atoms with E-state index >= 15 is 0 Å². The molecule has 0 aliphatic carbocycles. The summed E-state index contributed by atoms with van der Waals surface area (Å²) in [6.45, 7) is 13.4. The third-order valence-electron chi connectivity index (χ3n) is 4.48. The lowest BCUT2D eigenvalue weighted by atomic mass is 10.2. The molecule has 0 aliphatic heterocycles. The van der Waals surface area contributed by atoms with Crippen molar-refractivity contribution in [2.75, 3.05) is 26.3 Å². The lowest BCUT2D eigenvalue weighted by molar-refractivity contribution is 0.0515. The van der Waals surface area contributed by atoms with Gasteiger partial charge in [-0.05, 0) is 124 Å². The highest BCUT2D eigenvalue weighted by Gasteiger charge is 2.16. The molecule has 0 saturated carbocycles. The van der Waals surface area contributed by atoms with Crippen LogP contribution in [0.25, 0.3) is 0 Å². The summed E-state index contributed by atoms with van der Waals surface area (Å²) in [4.78, 5) is 23.2. The van der Waals surface area contributed by atoms with E-state index in [0.29, 0.717) is 26.3 Å². The van der Waals surface area contributed by atoms with Gasteiger partial charge in [0.2, 0.25) is 0 Å². The van der Waals surface area contributed by atoms with Gasteiger partial charge in [-0.3, -0.25) is 0 Å². The number of alkyl carbamates (subject to hydrolysis) is 2.